The summed E-state index contributed by atoms with van der Waals surface area (Å²) in [6.07, 6.45) is 2.25. The van der Waals surface area contributed by atoms with Gasteiger partial charge in [-0.05, 0) is 26.3 Å². The van der Waals surface area contributed by atoms with Gasteiger partial charge >= 0.3 is 0 Å². The molecule has 0 aromatic carbocycles. The summed E-state index contributed by atoms with van der Waals surface area (Å²) in [6.45, 7) is 0. The van der Waals surface area contributed by atoms with Gasteiger partial charge < -0.3 is 10.8 Å². The molecule has 0 radical (unpaired) electrons. The fourth-order valence-electron chi connectivity index (χ4n) is 2.82. The predicted octanol–water partition coefficient (Wildman–Crippen LogP) is -0.685. The Hall–Kier alpha value is -0.610. The summed E-state index contributed by atoms with van der Waals surface area (Å²) in [7, 11) is 2.02. The molecule has 2 heterocycles. The van der Waals surface area contributed by atoms with E-state index in [0.29, 0.717) is 12.5 Å². The SMILES string of the molecule is CN1C2CCC1C(C(N)=O)C(O)C2. The van der Waals surface area contributed by atoms with Gasteiger partial charge in [-0.1, -0.05) is 0 Å². The molecule has 13 heavy (non-hydrogen) atoms. The van der Waals surface area contributed by atoms with Gasteiger partial charge in [0.1, 0.15) is 0 Å². The lowest BCUT2D eigenvalue weighted by Crippen LogP contribution is -2.53. The number of piperidine rings is 1. The number of hydrogen-bond donors (Lipinski definition) is 2. The molecule has 4 heteroatoms. The first-order valence-corrected chi connectivity index (χ1v) is 4.80. The van der Waals surface area contributed by atoms with Gasteiger partial charge in [-0.2, -0.15) is 0 Å². The van der Waals surface area contributed by atoms with Gasteiger partial charge in [0.25, 0.3) is 0 Å². The van der Waals surface area contributed by atoms with Crippen LogP contribution in [0.15, 0.2) is 0 Å². The monoisotopic (exact) mass is 184 g/mol. The maximum Gasteiger partial charge on any atom is 0.224 e. The molecular formula is C9H16N2O2. The molecule has 3 N–H and O–H groups in total. The van der Waals surface area contributed by atoms with Crippen LogP contribution in [0.2, 0.25) is 0 Å². The molecule has 1 amide bonds. The molecule has 0 spiro atoms. The van der Waals surface area contributed by atoms with Crippen molar-refractivity contribution in [2.24, 2.45) is 11.7 Å². The number of aliphatic hydroxyl groups excluding tert-OH is 1. The predicted molar refractivity (Wildman–Crippen MR) is 47.9 cm³/mol. The standard InChI is InChI=1S/C9H16N2O2/c1-11-5-2-3-6(11)8(9(10)13)7(12)4-5/h5-8,12H,2-4H2,1H3,(H2,10,13). The molecule has 2 fully saturated rings. The van der Waals surface area contributed by atoms with Gasteiger partial charge in [-0.25, -0.2) is 0 Å². The van der Waals surface area contributed by atoms with E-state index in [1.807, 2.05) is 7.05 Å². The fraction of sp³-hybridized carbons (Fsp3) is 0.889. The summed E-state index contributed by atoms with van der Waals surface area (Å²) >= 11 is 0. The van der Waals surface area contributed by atoms with Crippen molar-refractivity contribution in [2.45, 2.75) is 37.5 Å². The van der Waals surface area contributed by atoms with Gasteiger partial charge in [0, 0.05) is 12.1 Å². The Bertz CT molecular complexity index is 232. The second kappa shape index (κ2) is 2.96. The minimum absolute atomic E-state index is 0.172. The summed E-state index contributed by atoms with van der Waals surface area (Å²) in [5.74, 6) is -0.714. The third-order valence-corrected chi connectivity index (χ3v) is 3.57. The van der Waals surface area contributed by atoms with Gasteiger partial charge in [0.15, 0.2) is 0 Å². The summed E-state index contributed by atoms with van der Waals surface area (Å²) in [4.78, 5) is 13.3. The van der Waals surface area contributed by atoms with Crippen LogP contribution in [0.5, 0.6) is 0 Å². The molecule has 2 aliphatic rings. The van der Waals surface area contributed by atoms with E-state index >= 15 is 0 Å². The van der Waals surface area contributed by atoms with Crippen LogP contribution in [-0.2, 0) is 4.79 Å². The number of nitrogens with zero attached hydrogens (tertiary/aromatic N) is 1. The molecule has 74 valence electrons. The molecule has 2 saturated heterocycles. The van der Waals surface area contributed by atoms with Gasteiger partial charge in [-0.15, -0.1) is 0 Å². The number of aliphatic hydroxyl groups is 1. The Kier molecular flexibility index (Phi) is 2.04. The van der Waals surface area contributed by atoms with E-state index in [0.717, 1.165) is 12.8 Å². The Labute approximate surface area is 77.7 Å². The van der Waals surface area contributed by atoms with Crippen LogP contribution < -0.4 is 5.73 Å². The van der Waals surface area contributed by atoms with Crippen LogP contribution in [0.25, 0.3) is 0 Å². The van der Waals surface area contributed by atoms with Crippen molar-refractivity contribution in [1.82, 2.24) is 4.90 Å². The van der Waals surface area contributed by atoms with Crippen LogP contribution in [0.3, 0.4) is 0 Å². The molecule has 0 saturated carbocycles. The minimum atomic E-state index is -0.522. The van der Waals surface area contributed by atoms with Crippen molar-refractivity contribution in [3.8, 4) is 0 Å². The average molecular weight is 184 g/mol. The molecule has 4 unspecified atom stereocenters. The summed E-state index contributed by atoms with van der Waals surface area (Å²) in [6, 6.07) is 0.627. The Morgan fingerprint density at radius 1 is 1.54 bits per heavy atom. The van der Waals surface area contributed by atoms with Gasteiger partial charge in [0.05, 0.1) is 12.0 Å². The van der Waals surface area contributed by atoms with Crippen LogP contribution in [0, 0.1) is 5.92 Å². The summed E-state index contributed by atoms with van der Waals surface area (Å²) in [5.41, 5.74) is 5.28. The second-order valence-corrected chi connectivity index (χ2v) is 4.20. The highest BCUT2D eigenvalue weighted by Gasteiger charge is 2.47. The number of carbonyl (C=O) groups excluding carboxylic acids is 1. The van der Waals surface area contributed by atoms with Crippen LogP contribution in [-0.4, -0.2) is 41.1 Å². The molecule has 0 aromatic rings. The normalized spacial score (nSPS) is 45.1. The Balaban J connectivity index is 2.21. The molecule has 0 aliphatic carbocycles. The average Bonchev–Trinajstić information content (AvgIpc) is 2.34. The quantitative estimate of drug-likeness (QED) is 0.567. The number of carbonyl (C=O) groups is 1. The summed E-state index contributed by atoms with van der Waals surface area (Å²) in [5, 5.41) is 9.71. The lowest BCUT2D eigenvalue weighted by atomic mass is 9.87. The van der Waals surface area contributed by atoms with Crippen LogP contribution >= 0.6 is 0 Å². The smallest absolute Gasteiger partial charge is 0.224 e. The van der Waals surface area contributed by atoms with E-state index < -0.39 is 6.10 Å². The Morgan fingerprint density at radius 2 is 2.23 bits per heavy atom. The molecule has 2 rings (SSSR count). The third-order valence-electron chi connectivity index (χ3n) is 3.57. The van der Waals surface area contributed by atoms with Crippen molar-refractivity contribution < 1.29 is 9.90 Å². The van der Waals surface area contributed by atoms with Crippen LogP contribution in [0.4, 0.5) is 0 Å². The maximum atomic E-state index is 11.1. The highest BCUT2D eigenvalue weighted by Crippen LogP contribution is 2.37. The molecule has 2 aliphatic heterocycles. The zero-order valence-electron chi connectivity index (χ0n) is 7.81. The van der Waals surface area contributed by atoms with E-state index in [1.165, 1.54) is 0 Å². The largest absolute Gasteiger partial charge is 0.392 e. The minimum Gasteiger partial charge on any atom is -0.392 e. The van der Waals surface area contributed by atoms with E-state index in [2.05, 4.69) is 4.90 Å². The van der Waals surface area contributed by atoms with Gasteiger partial charge in [0.2, 0.25) is 5.91 Å². The first-order valence-electron chi connectivity index (χ1n) is 4.80. The maximum absolute atomic E-state index is 11.1. The van der Waals surface area contributed by atoms with Crippen molar-refractivity contribution in [2.75, 3.05) is 7.05 Å². The van der Waals surface area contributed by atoms with E-state index in [-0.39, 0.29) is 17.9 Å². The number of primary amides is 1. The Morgan fingerprint density at radius 3 is 2.85 bits per heavy atom. The molecule has 4 nitrogen and oxygen atoms in total. The van der Waals surface area contributed by atoms with Crippen molar-refractivity contribution >= 4 is 5.91 Å². The first-order chi connectivity index (χ1) is 6.11. The second-order valence-electron chi connectivity index (χ2n) is 4.20. The van der Waals surface area contributed by atoms with Crippen molar-refractivity contribution in [3.63, 3.8) is 0 Å². The van der Waals surface area contributed by atoms with E-state index in [1.54, 1.807) is 0 Å². The third kappa shape index (κ3) is 1.25. The van der Waals surface area contributed by atoms with E-state index in [4.69, 9.17) is 5.73 Å². The topological polar surface area (TPSA) is 66.6 Å². The highest BCUT2D eigenvalue weighted by molar-refractivity contribution is 5.78. The number of hydrogen-bond acceptors (Lipinski definition) is 3. The van der Waals surface area contributed by atoms with Crippen molar-refractivity contribution in [3.05, 3.63) is 0 Å². The molecule has 4 atom stereocenters. The van der Waals surface area contributed by atoms with Gasteiger partial charge in [-0.3, -0.25) is 9.69 Å². The first kappa shape index (κ1) is 8.97. The number of amides is 1. The lowest BCUT2D eigenvalue weighted by molar-refractivity contribution is -0.131. The summed E-state index contributed by atoms with van der Waals surface area (Å²) < 4.78 is 0. The lowest BCUT2D eigenvalue weighted by Gasteiger charge is -2.39. The molecule has 0 aromatic heterocycles. The number of fused-ring (bicyclic) bond motifs is 2. The number of nitrogens with two attached hydrogens (primary N) is 1. The molecular weight excluding hydrogens is 168 g/mol. The molecule has 2 bridgehead atoms. The zero-order chi connectivity index (χ0) is 9.59. The highest BCUT2D eigenvalue weighted by atomic mass is 16.3. The fourth-order valence-corrected chi connectivity index (χ4v) is 2.82. The number of rotatable bonds is 1. The van der Waals surface area contributed by atoms with Crippen molar-refractivity contribution in [1.29, 1.82) is 0 Å². The van der Waals surface area contributed by atoms with E-state index in [9.17, 15) is 9.90 Å². The zero-order valence-corrected chi connectivity index (χ0v) is 7.81. The van der Waals surface area contributed by atoms with Crippen LogP contribution in [0.1, 0.15) is 19.3 Å².